The van der Waals surface area contributed by atoms with Crippen LogP contribution < -0.4 is 9.47 Å². The van der Waals surface area contributed by atoms with Crippen LogP contribution in [0.1, 0.15) is 21.5 Å². The van der Waals surface area contributed by atoms with E-state index in [0.29, 0.717) is 22.9 Å². The average molecular weight is 371 g/mol. The normalized spacial score (nSPS) is 13.1. The first-order valence-corrected chi connectivity index (χ1v) is 7.65. The largest absolute Gasteiger partial charge is 0.467 e. The van der Waals surface area contributed by atoms with Gasteiger partial charge in [-0.1, -0.05) is 23.7 Å². The molecule has 0 atom stereocenters. The third-order valence-electron chi connectivity index (χ3n) is 3.43. The second kappa shape index (κ2) is 7.67. The Hall–Kier alpha value is -2.38. The fourth-order valence-electron chi connectivity index (χ4n) is 2.42. The zero-order valence-electron chi connectivity index (χ0n) is 12.8. The van der Waals surface area contributed by atoms with Gasteiger partial charge in [0.1, 0.15) is 23.7 Å². The Bertz CT molecular complexity index is 782. The molecule has 1 aliphatic heterocycles. The minimum absolute atomic E-state index is 0.0840. The van der Waals surface area contributed by atoms with E-state index < -0.39 is 12.6 Å². The Morgan fingerprint density at radius 1 is 1.28 bits per heavy atom. The number of hydrogen-bond acceptors (Lipinski definition) is 5. The Labute approximate surface area is 147 Å². The fourth-order valence-corrected chi connectivity index (χ4v) is 2.68. The molecule has 25 heavy (non-hydrogen) atoms. The van der Waals surface area contributed by atoms with Crippen molar-refractivity contribution >= 4 is 17.6 Å². The monoisotopic (exact) mass is 370 g/mol. The van der Waals surface area contributed by atoms with E-state index in [-0.39, 0.29) is 24.7 Å². The van der Waals surface area contributed by atoms with Gasteiger partial charge in [0.15, 0.2) is 6.79 Å². The molecule has 0 aromatic heterocycles. The van der Waals surface area contributed by atoms with Gasteiger partial charge in [0.25, 0.3) is 0 Å². The molecule has 0 bridgehead atoms. The lowest BCUT2D eigenvalue weighted by atomic mass is 10.1. The molecule has 1 heterocycles. The van der Waals surface area contributed by atoms with Gasteiger partial charge in [-0.3, -0.25) is 0 Å². The van der Waals surface area contributed by atoms with Gasteiger partial charge in [0.05, 0.1) is 6.61 Å². The van der Waals surface area contributed by atoms with Crippen LogP contribution >= 0.6 is 11.6 Å². The zero-order valence-corrected chi connectivity index (χ0v) is 13.6. The van der Waals surface area contributed by atoms with E-state index in [2.05, 4.69) is 4.74 Å². The topological polar surface area (TPSA) is 54.0 Å². The minimum atomic E-state index is -3.04. The van der Waals surface area contributed by atoms with Crippen LogP contribution in [0.2, 0.25) is 5.02 Å². The lowest BCUT2D eigenvalue weighted by Gasteiger charge is -2.21. The van der Waals surface area contributed by atoms with Crippen LogP contribution in [0.5, 0.6) is 11.5 Å². The molecule has 0 aliphatic carbocycles. The van der Waals surface area contributed by atoms with Gasteiger partial charge in [0, 0.05) is 16.1 Å². The summed E-state index contributed by atoms with van der Waals surface area (Å²) in [6, 6.07) is 8.93. The number of carbonyl (C=O) groups excluding carboxylic acids is 1. The lowest BCUT2D eigenvalue weighted by Crippen LogP contribution is -2.15. The molecule has 0 fully saturated rings. The molecular formula is C17H13ClF2O5. The highest BCUT2D eigenvalue weighted by Crippen LogP contribution is 2.32. The molecule has 1 aliphatic rings. The molecule has 2 aromatic rings. The molecule has 0 unspecified atom stereocenters. The summed E-state index contributed by atoms with van der Waals surface area (Å²) in [5, 5.41) is 0.445. The predicted molar refractivity (Wildman–Crippen MR) is 83.9 cm³/mol. The number of carbonyl (C=O) groups is 1. The van der Waals surface area contributed by atoms with Crippen LogP contribution in [-0.4, -0.2) is 19.4 Å². The number of rotatable bonds is 5. The maximum atomic E-state index is 12.4. The van der Waals surface area contributed by atoms with E-state index in [1.54, 1.807) is 12.1 Å². The molecule has 0 spiro atoms. The Balaban J connectivity index is 1.76. The van der Waals surface area contributed by atoms with Crippen molar-refractivity contribution in [3.8, 4) is 11.5 Å². The van der Waals surface area contributed by atoms with Crippen molar-refractivity contribution in [1.29, 1.82) is 0 Å². The van der Waals surface area contributed by atoms with Crippen LogP contribution in [-0.2, 0) is 22.7 Å². The SMILES string of the molecule is O=C(OCc1cc(Cl)cc2c1OCOC2)c1ccccc1OC(F)F. The number of para-hydroxylation sites is 1. The Kier molecular flexibility index (Phi) is 5.35. The summed E-state index contributed by atoms with van der Waals surface area (Å²) < 4.78 is 45.0. The van der Waals surface area contributed by atoms with E-state index in [9.17, 15) is 13.6 Å². The molecule has 5 nitrogen and oxygen atoms in total. The van der Waals surface area contributed by atoms with Crippen molar-refractivity contribution in [2.75, 3.05) is 6.79 Å². The van der Waals surface area contributed by atoms with Crippen LogP contribution in [0.15, 0.2) is 36.4 Å². The first-order valence-electron chi connectivity index (χ1n) is 7.27. The van der Waals surface area contributed by atoms with Crippen LogP contribution in [0.4, 0.5) is 8.78 Å². The summed E-state index contributed by atoms with van der Waals surface area (Å²) in [5.74, 6) is -0.502. The summed E-state index contributed by atoms with van der Waals surface area (Å²) in [4.78, 5) is 12.2. The Morgan fingerprint density at radius 2 is 2.08 bits per heavy atom. The summed E-state index contributed by atoms with van der Waals surface area (Å²) >= 11 is 6.04. The summed E-state index contributed by atoms with van der Waals surface area (Å²) in [6.45, 7) is -2.75. The van der Waals surface area contributed by atoms with Crippen molar-refractivity contribution in [1.82, 2.24) is 0 Å². The molecule has 2 aromatic carbocycles. The summed E-state index contributed by atoms with van der Waals surface area (Å²) in [6.07, 6.45) is 0. The lowest BCUT2D eigenvalue weighted by molar-refractivity contribution is -0.0505. The highest BCUT2D eigenvalue weighted by atomic mass is 35.5. The molecule has 0 radical (unpaired) electrons. The number of benzene rings is 2. The molecule has 3 rings (SSSR count). The predicted octanol–water partition coefficient (Wildman–Crippen LogP) is 4.16. The minimum Gasteiger partial charge on any atom is -0.467 e. The first-order chi connectivity index (χ1) is 12.0. The Morgan fingerprint density at radius 3 is 2.88 bits per heavy atom. The standard InChI is InChI=1S/C17H13ClF2O5/c18-12-5-10-7-22-9-24-15(10)11(6-12)8-23-16(21)13-3-1-2-4-14(13)25-17(19)20/h1-6,17H,7-9H2. The molecule has 8 heteroatoms. The van der Waals surface area contributed by atoms with E-state index >= 15 is 0 Å². The molecule has 0 saturated heterocycles. The zero-order chi connectivity index (χ0) is 17.8. The third kappa shape index (κ3) is 4.18. The van der Waals surface area contributed by atoms with Gasteiger partial charge in [-0.05, 0) is 24.3 Å². The highest BCUT2D eigenvalue weighted by molar-refractivity contribution is 6.30. The quantitative estimate of drug-likeness (QED) is 0.739. The van der Waals surface area contributed by atoms with E-state index in [1.165, 1.54) is 24.3 Å². The van der Waals surface area contributed by atoms with E-state index in [4.69, 9.17) is 25.8 Å². The second-order valence-electron chi connectivity index (χ2n) is 5.11. The maximum absolute atomic E-state index is 12.4. The maximum Gasteiger partial charge on any atom is 0.387 e. The van der Waals surface area contributed by atoms with Crippen LogP contribution in [0, 0.1) is 0 Å². The number of fused-ring (bicyclic) bond motifs is 1. The van der Waals surface area contributed by atoms with Gasteiger partial charge in [-0.2, -0.15) is 8.78 Å². The first kappa shape index (κ1) is 17.4. The van der Waals surface area contributed by atoms with E-state index in [0.717, 1.165) is 5.56 Å². The van der Waals surface area contributed by atoms with E-state index in [1.807, 2.05) is 0 Å². The number of alkyl halides is 2. The highest BCUT2D eigenvalue weighted by Gasteiger charge is 2.20. The molecule has 132 valence electrons. The molecule has 0 N–H and O–H groups in total. The van der Waals surface area contributed by atoms with Gasteiger partial charge >= 0.3 is 12.6 Å². The van der Waals surface area contributed by atoms with Crippen LogP contribution in [0.3, 0.4) is 0 Å². The summed E-state index contributed by atoms with van der Waals surface area (Å²) in [5.41, 5.74) is 1.21. The van der Waals surface area contributed by atoms with Crippen molar-refractivity contribution in [3.63, 3.8) is 0 Å². The van der Waals surface area contributed by atoms with Crippen molar-refractivity contribution in [3.05, 3.63) is 58.1 Å². The van der Waals surface area contributed by atoms with Gasteiger partial charge in [-0.25, -0.2) is 4.79 Å². The second-order valence-corrected chi connectivity index (χ2v) is 5.55. The van der Waals surface area contributed by atoms with Gasteiger partial charge in [-0.15, -0.1) is 0 Å². The van der Waals surface area contributed by atoms with Crippen molar-refractivity contribution in [2.24, 2.45) is 0 Å². The average Bonchev–Trinajstić information content (AvgIpc) is 2.59. The van der Waals surface area contributed by atoms with Crippen molar-refractivity contribution < 1.29 is 32.5 Å². The molecule has 0 amide bonds. The molecular weight excluding hydrogens is 358 g/mol. The fraction of sp³-hybridized carbons (Fsp3) is 0.235. The number of hydrogen-bond donors (Lipinski definition) is 0. The smallest absolute Gasteiger partial charge is 0.387 e. The van der Waals surface area contributed by atoms with Crippen LogP contribution in [0.25, 0.3) is 0 Å². The third-order valence-corrected chi connectivity index (χ3v) is 3.65. The van der Waals surface area contributed by atoms with Crippen molar-refractivity contribution in [2.45, 2.75) is 19.8 Å². The number of halogens is 3. The molecule has 0 saturated carbocycles. The van der Waals surface area contributed by atoms with Gasteiger partial charge in [0.2, 0.25) is 0 Å². The number of ether oxygens (including phenoxy) is 4. The van der Waals surface area contributed by atoms with Gasteiger partial charge < -0.3 is 18.9 Å². The number of esters is 1. The summed E-state index contributed by atoms with van der Waals surface area (Å²) in [7, 11) is 0.